The Morgan fingerprint density at radius 3 is 2.10 bits per heavy atom. The topological polar surface area (TPSA) is 64.1 Å². The van der Waals surface area contributed by atoms with Crippen molar-refractivity contribution in [3.05, 3.63) is 53.1 Å². The molecule has 158 valence electrons. The second-order valence-corrected chi connectivity index (χ2v) is 7.51. The van der Waals surface area contributed by atoms with Crippen LogP contribution in [0.1, 0.15) is 30.5 Å². The first-order chi connectivity index (χ1) is 13.9. The van der Waals surface area contributed by atoms with Crippen molar-refractivity contribution in [3.8, 4) is 17.2 Å². The minimum atomic E-state index is -0.0322. The fourth-order valence-electron chi connectivity index (χ4n) is 3.38. The monoisotopic (exact) mass is 399 g/mol. The Balaban J connectivity index is 2.05. The molecule has 0 heterocycles. The molecule has 29 heavy (non-hydrogen) atoms. The zero-order valence-corrected chi connectivity index (χ0v) is 18.6. The lowest BCUT2D eigenvalue weighted by Gasteiger charge is -2.28. The summed E-state index contributed by atoms with van der Waals surface area (Å²) in [6.07, 6.45) is 0. The van der Waals surface area contributed by atoms with Gasteiger partial charge < -0.3 is 24.8 Å². The van der Waals surface area contributed by atoms with Gasteiger partial charge in [0.05, 0.1) is 21.3 Å². The Labute approximate surface area is 174 Å². The number of rotatable bonds is 8. The van der Waals surface area contributed by atoms with Gasteiger partial charge in [0.2, 0.25) is 5.75 Å². The van der Waals surface area contributed by atoms with Crippen molar-refractivity contribution in [1.29, 1.82) is 0 Å². The van der Waals surface area contributed by atoms with Crippen LogP contribution in [0.15, 0.2) is 41.4 Å². The number of aliphatic imine (C=N–C) groups is 1. The van der Waals surface area contributed by atoms with Crippen molar-refractivity contribution in [2.75, 3.05) is 34.9 Å². The molecule has 6 nitrogen and oxygen atoms in total. The average molecular weight is 400 g/mol. The normalized spacial score (nSPS) is 11.8. The Bertz CT molecular complexity index is 822. The van der Waals surface area contributed by atoms with Gasteiger partial charge in [0, 0.05) is 25.6 Å². The Kier molecular flexibility index (Phi) is 7.76. The van der Waals surface area contributed by atoms with Crippen molar-refractivity contribution in [3.63, 3.8) is 0 Å². The third-order valence-corrected chi connectivity index (χ3v) is 4.98. The highest BCUT2D eigenvalue weighted by atomic mass is 16.5. The number of methoxy groups -OCH3 is 3. The highest BCUT2D eigenvalue weighted by molar-refractivity contribution is 5.79. The molecule has 0 atom stereocenters. The average Bonchev–Trinajstić information content (AvgIpc) is 2.73. The van der Waals surface area contributed by atoms with Gasteiger partial charge in [-0.1, -0.05) is 38.1 Å². The number of nitrogens with zero attached hydrogens (tertiary/aromatic N) is 1. The predicted octanol–water partition coefficient (Wildman–Crippen LogP) is 3.66. The third-order valence-electron chi connectivity index (χ3n) is 4.98. The predicted molar refractivity (Wildman–Crippen MR) is 119 cm³/mol. The smallest absolute Gasteiger partial charge is 0.203 e. The Morgan fingerprint density at radius 1 is 0.966 bits per heavy atom. The van der Waals surface area contributed by atoms with E-state index in [-0.39, 0.29) is 5.41 Å². The zero-order chi connectivity index (χ0) is 21.4. The minimum Gasteiger partial charge on any atom is -0.493 e. The molecule has 6 heteroatoms. The molecule has 0 radical (unpaired) electrons. The molecule has 2 N–H and O–H groups in total. The van der Waals surface area contributed by atoms with Crippen molar-refractivity contribution in [2.45, 2.75) is 32.7 Å². The van der Waals surface area contributed by atoms with E-state index in [1.54, 1.807) is 28.4 Å². The molecular weight excluding hydrogens is 366 g/mol. The van der Waals surface area contributed by atoms with Crippen molar-refractivity contribution in [1.82, 2.24) is 10.6 Å². The Morgan fingerprint density at radius 2 is 1.59 bits per heavy atom. The van der Waals surface area contributed by atoms with E-state index in [9.17, 15) is 0 Å². The molecule has 0 saturated carbocycles. The van der Waals surface area contributed by atoms with Gasteiger partial charge in [0.1, 0.15) is 0 Å². The van der Waals surface area contributed by atoms with Crippen LogP contribution in [-0.4, -0.2) is 40.9 Å². The molecule has 0 amide bonds. The molecule has 2 aromatic carbocycles. The summed E-state index contributed by atoms with van der Waals surface area (Å²) in [6, 6.07) is 12.3. The first-order valence-corrected chi connectivity index (χ1v) is 9.65. The van der Waals surface area contributed by atoms with Gasteiger partial charge in [0.15, 0.2) is 17.5 Å². The SMILES string of the molecule is CN=C(NCc1cc(OC)c(OC)c(OC)c1)NCC(C)(C)c1ccccc1C. The summed E-state index contributed by atoms with van der Waals surface area (Å²) in [6.45, 7) is 7.94. The van der Waals surface area contributed by atoms with E-state index in [0.29, 0.717) is 23.8 Å². The number of benzene rings is 2. The molecule has 2 aromatic rings. The van der Waals surface area contributed by atoms with E-state index in [1.807, 2.05) is 12.1 Å². The largest absolute Gasteiger partial charge is 0.493 e. The van der Waals surface area contributed by atoms with Crippen LogP contribution in [0.3, 0.4) is 0 Å². The van der Waals surface area contributed by atoms with Crippen LogP contribution in [0.4, 0.5) is 0 Å². The molecule has 0 aliphatic heterocycles. The molecule has 0 unspecified atom stereocenters. The highest BCUT2D eigenvalue weighted by Crippen LogP contribution is 2.38. The molecule has 0 aliphatic rings. The molecular formula is C23H33N3O3. The standard InChI is InChI=1S/C23H33N3O3/c1-16-10-8-9-11-18(16)23(2,3)15-26-22(24-4)25-14-17-12-19(27-5)21(29-7)20(13-17)28-6/h8-13H,14-15H2,1-7H3,(H2,24,25,26). The van der Waals surface area contributed by atoms with Crippen LogP contribution >= 0.6 is 0 Å². The summed E-state index contributed by atoms with van der Waals surface area (Å²) in [5.74, 6) is 2.58. The van der Waals surface area contributed by atoms with E-state index >= 15 is 0 Å². The van der Waals surface area contributed by atoms with Gasteiger partial charge in [-0.15, -0.1) is 0 Å². The summed E-state index contributed by atoms with van der Waals surface area (Å²) in [7, 11) is 6.59. The molecule has 0 aromatic heterocycles. The van der Waals surface area contributed by atoms with Crippen LogP contribution in [0.2, 0.25) is 0 Å². The summed E-state index contributed by atoms with van der Waals surface area (Å²) in [5, 5.41) is 6.79. The summed E-state index contributed by atoms with van der Waals surface area (Å²) < 4.78 is 16.2. The number of ether oxygens (including phenoxy) is 3. The van der Waals surface area contributed by atoms with Gasteiger partial charge in [-0.2, -0.15) is 0 Å². The maximum Gasteiger partial charge on any atom is 0.203 e. The third kappa shape index (κ3) is 5.56. The van der Waals surface area contributed by atoms with Crippen molar-refractivity contribution in [2.24, 2.45) is 4.99 Å². The lowest BCUT2D eigenvalue weighted by molar-refractivity contribution is 0.323. The first kappa shape index (κ1) is 22.4. The van der Waals surface area contributed by atoms with E-state index in [2.05, 4.69) is 60.7 Å². The first-order valence-electron chi connectivity index (χ1n) is 9.65. The van der Waals surface area contributed by atoms with Crippen LogP contribution in [-0.2, 0) is 12.0 Å². The number of nitrogens with one attached hydrogen (secondary N) is 2. The molecule has 2 rings (SSSR count). The number of guanidine groups is 1. The fraction of sp³-hybridized carbons (Fsp3) is 0.435. The van der Waals surface area contributed by atoms with E-state index in [4.69, 9.17) is 14.2 Å². The quantitative estimate of drug-likeness (QED) is 0.524. The summed E-state index contributed by atoms with van der Waals surface area (Å²) in [4.78, 5) is 4.35. The number of hydrogen-bond donors (Lipinski definition) is 2. The maximum atomic E-state index is 5.43. The van der Waals surface area contributed by atoms with Crippen molar-refractivity contribution >= 4 is 5.96 Å². The van der Waals surface area contributed by atoms with Crippen LogP contribution < -0.4 is 24.8 Å². The molecule has 0 bridgehead atoms. The minimum absolute atomic E-state index is 0.0322. The molecule has 0 spiro atoms. The molecule has 0 aliphatic carbocycles. The summed E-state index contributed by atoms with van der Waals surface area (Å²) in [5.41, 5.74) is 3.59. The number of aryl methyl sites for hydroxylation is 1. The van der Waals surface area contributed by atoms with Crippen LogP contribution in [0, 0.1) is 6.92 Å². The number of hydrogen-bond acceptors (Lipinski definition) is 4. The van der Waals surface area contributed by atoms with E-state index in [0.717, 1.165) is 18.1 Å². The highest BCUT2D eigenvalue weighted by Gasteiger charge is 2.22. The van der Waals surface area contributed by atoms with Crippen LogP contribution in [0.25, 0.3) is 0 Å². The van der Waals surface area contributed by atoms with E-state index < -0.39 is 0 Å². The van der Waals surface area contributed by atoms with Crippen molar-refractivity contribution < 1.29 is 14.2 Å². The van der Waals surface area contributed by atoms with Gasteiger partial charge >= 0.3 is 0 Å². The second-order valence-electron chi connectivity index (χ2n) is 7.51. The van der Waals surface area contributed by atoms with Gasteiger partial charge in [0.25, 0.3) is 0 Å². The lowest BCUT2D eigenvalue weighted by atomic mass is 9.82. The maximum absolute atomic E-state index is 5.43. The lowest BCUT2D eigenvalue weighted by Crippen LogP contribution is -2.43. The van der Waals surface area contributed by atoms with Gasteiger partial charge in [-0.05, 0) is 35.7 Å². The second kappa shape index (κ2) is 10.0. The van der Waals surface area contributed by atoms with Crippen LogP contribution in [0.5, 0.6) is 17.2 Å². The summed E-state index contributed by atoms with van der Waals surface area (Å²) >= 11 is 0. The fourth-order valence-corrected chi connectivity index (χ4v) is 3.38. The van der Waals surface area contributed by atoms with Gasteiger partial charge in [-0.3, -0.25) is 4.99 Å². The van der Waals surface area contributed by atoms with Gasteiger partial charge in [-0.25, -0.2) is 0 Å². The molecule has 0 fully saturated rings. The molecule has 0 saturated heterocycles. The Hall–Kier alpha value is -2.89. The zero-order valence-electron chi connectivity index (χ0n) is 18.6. The van der Waals surface area contributed by atoms with E-state index in [1.165, 1.54) is 11.1 Å².